The van der Waals surface area contributed by atoms with Gasteiger partial charge in [0.05, 0.1) is 6.04 Å². The molecule has 2 aliphatic rings. The summed E-state index contributed by atoms with van der Waals surface area (Å²) in [7, 11) is 0. The molecule has 2 fully saturated rings. The highest BCUT2D eigenvalue weighted by molar-refractivity contribution is 8.03. The summed E-state index contributed by atoms with van der Waals surface area (Å²) in [5, 5.41) is 18.0. The van der Waals surface area contributed by atoms with Crippen LogP contribution in [0.5, 0.6) is 5.75 Å². The molecule has 0 unspecified atom stereocenters. The van der Waals surface area contributed by atoms with Gasteiger partial charge in [0.15, 0.2) is 0 Å². The van der Waals surface area contributed by atoms with E-state index in [0.29, 0.717) is 23.7 Å². The molecule has 1 saturated carbocycles. The Bertz CT molecular complexity index is 1030. The van der Waals surface area contributed by atoms with E-state index in [2.05, 4.69) is 16.0 Å². The predicted molar refractivity (Wildman–Crippen MR) is 160 cm³/mol. The molecular formula is C28H43N5O5S2. The zero-order valence-corrected chi connectivity index (χ0v) is 25.0. The number of primary amides is 1. The van der Waals surface area contributed by atoms with Crippen LogP contribution in [0.15, 0.2) is 24.3 Å². The lowest BCUT2D eigenvalue weighted by molar-refractivity contribution is -0.133. The van der Waals surface area contributed by atoms with Gasteiger partial charge in [0.1, 0.15) is 23.9 Å². The topological polar surface area (TPSA) is 177 Å². The van der Waals surface area contributed by atoms with Crippen molar-refractivity contribution in [3.63, 3.8) is 0 Å². The number of thioether (sulfide) groups is 2. The van der Waals surface area contributed by atoms with E-state index in [-0.39, 0.29) is 18.1 Å². The molecule has 40 heavy (non-hydrogen) atoms. The molecule has 222 valence electrons. The minimum absolute atomic E-state index is 0.120. The maximum absolute atomic E-state index is 13.5. The minimum atomic E-state index is -0.907. The second kappa shape index (κ2) is 15.0. The first-order chi connectivity index (χ1) is 19.0. The van der Waals surface area contributed by atoms with E-state index < -0.39 is 52.5 Å². The van der Waals surface area contributed by atoms with Gasteiger partial charge in [0, 0.05) is 22.0 Å². The number of phenols is 1. The maximum atomic E-state index is 13.5. The molecule has 0 aromatic heterocycles. The summed E-state index contributed by atoms with van der Waals surface area (Å²) in [6.07, 6.45) is 5.95. The van der Waals surface area contributed by atoms with Crippen LogP contribution >= 0.6 is 23.5 Å². The van der Waals surface area contributed by atoms with E-state index in [0.717, 1.165) is 37.7 Å². The third-order valence-corrected chi connectivity index (χ3v) is 10.2. The van der Waals surface area contributed by atoms with E-state index >= 15 is 0 Å². The summed E-state index contributed by atoms with van der Waals surface area (Å²) in [5.41, 5.74) is 12.7. The van der Waals surface area contributed by atoms with Crippen molar-refractivity contribution >= 4 is 47.2 Å². The summed E-state index contributed by atoms with van der Waals surface area (Å²) in [4.78, 5) is 52.4. The Balaban J connectivity index is 1.78. The highest BCUT2D eigenvalue weighted by Gasteiger charge is 2.38. The van der Waals surface area contributed by atoms with Gasteiger partial charge in [-0.2, -0.15) is 23.5 Å². The van der Waals surface area contributed by atoms with E-state index in [1.165, 1.54) is 35.7 Å². The van der Waals surface area contributed by atoms with Crippen molar-refractivity contribution in [2.45, 2.75) is 87.7 Å². The van der Waals surface area contributed by atoms with Gasteiger partial charge in [-0.3, -0.25) is 19.2 Å². The number of nitrogens with one attached hydrogen (secondary N) is 3. The largest absolute Gasteiger partial charge is 0.508 e. The van der Waals surface area contributed by atoms with E-state index in [1.54, 1.807) is 12.1 Å². The molecule has 8 N–H and O–H groups in total. The number of rotatable bonds is 7. The van der Waals surface area contributed by atoms with Crippen molar-refractivity contribution < 1.29 is 24.3 Å². The maximum Gasteiger partial charge on any atom is 0.244 e. The lowest BCUT2D eigenvalue weighted by Gasteiger charge is -2.34. The van der Waals surface area contributed by atoms with Gasteiger partial charge in [0.25, 0.3) is 0 Å². The first kappa shape index (κ1) is 32.1. The van der Waals surface area contributed by atoms with E-state index in [1.807, 2.05) is 13.8 Å². The molecule has 1 aromatic rings. The van der Waals surface area contributed by atoms with Gasteiger partial charge in [-0.25, -0.2) is 0 Å². The summed E-state index contributed by atoms with van der Waals surface area (Å²) in [6.45, 7) is 3.76. The van der Waals surface area contributed by atoms with Gasteiger partial charge >= 0.3 is 0 Å². The molecule has 1 saturated heterocycles. The minimum Gasteiger partial charge on any atom is -0.508 e. The van der Waals surface area contributed by atoms with Crippen molar-refractivity contribution in [1.82, 2.24) is 16.0 Å². The van der Waals surface area contributed by atoms with Crippen LogP contribution in [0.1, 0.15) is 57.9 Å². The first-order valence-electron chi connectivity index (χ1n) is 13.9. The fourth-order valence-electron chi connectivity index (χ4n) is 5.18. The monoisotopic (exact) mass is 593 g/mol. The zero-order valence-electron chi connectivity index (χ0n) is 23.3. The highest BCUT2D eigenvalue weighted by Crippen LogP contribution is 2.31. The number of aromatic hydroxyl groups is 1. The van der Waals surface area contributed by atoms with Crippen LogP contribution in [0.25, 0.3) is 0 Å². The van der Waals surface area contributed by atoms with E-state index in [4.69, 9.17) is 11.5 Å². The lowest BCUT2D eigenvalue weighted by Crippen LogP contribution is -2.61. The Morgan fingerprint density at radius 2 is 1.75 bits per heavy atom. The molecule has 12 heteroatoms. The van der Waals surface area contributed by atoms with Gasteiger partial charge < -0.3 is 32.5 Å². The molecule has 10 nitrogen and oxygen atoms in total. The number of hydrogen-bond acceptors (Lipinski definition) is 8. The third kappa shape index (κ3) is 9.59. The fourth-order valence-corrected chi connectivity index (χ4v) is 7.49. The molecule has 3 rings (SSSR count). The number of carbonyl (C=O) groups is 4. The molecule has 0 bridgehead atoms. The number of nitrogens with two attached hydrogens (primary N) is 2. The average molecular weight is 594 g/mol. The molecule has 1 aliphatic carbocycles. The number of benzene rings is 1. The number of amides is 4. The Hall–Kier alpha value is -2.44. The molecule has 4 amide bonds. The Labute approximate surface area is 244 Å². The van der Waals surface area contributed by atoms with Crippen LogP contribution in [0, 0.1) is 5.92 Å². The fraction of sp³-hybridized carbons (Fsp3) is 0.643. The van der Waals surface area contributed by atoms with Gasteiger partial charge in [0.2, 0.25) is 23.6 Å². The summed E-state index contributed by atoms with van der Waals surface area (Å²) < 4.78 is -0.649. The molecule has 1 aromatic carbocycles. The van der Waals surface area contributed by atoms with Gasteiger partial charge in [-0.05, 0) is 50.3 Å². The number of hydrogen-bond donors (Lipinski definition) is 6. The van der Waals surface area contributed by atoms with Crippen molar-refractivity contribution in [1.29, 1.82) is 0 Å². The van der Waals surface area contributed by atoms with Crippen molar-refractivity contribution in [3.8, 4) is 5.75 Å². The Morgan fingerprint density at radius 3 is 2.40 bits per heavy atom. The molecule has 1 heterocycles. The standard InChI is InChI=1S/C28H43N5O5S2/c1-28(2)23(24(30)35)33-26(37)21(15-17-6-4-3-5-7-17)31-27(38)22(16-39-12-13-40-28)32-25(36)20(29)14-18-8-10-19(34)11-9-18/h8-11,17,20-23,34H,3-7,12-16,29H2,1-2H3,(H2,30,35)(H,31,38)(H,32,36)(H,33,37)/t20-,21-,22+,23-/m0/s1. The zero-order chi connectivity index (χ0) is 29.3. The lowest BCUT2D eigenvalue weighted by atomic mass is 9.84. The van der Waals surface area contributed by atoms with Crippen LogP contribution in [-0.2, 0) is 25.6 Å². The SMILES string of the molecule is CC1(C)SCCSC[C@@H](NC(=O)[C@@H](N)Cc2ccc(O)cc2)C(=O)N[C@@H](CC2CCCCC2)C(=O)N[C@H]1C(N)=O. The Morgan fingerprint density at radius 1 is 1.07 bits per heavy atom. The molecular weight excluding hydrogens is 550 g/mol. The van der Waals surface area contributed by atoms with Crippen LogP contribution in [0.3, 0.4) is 0 Å². The average Bonchev–Trinajstić information content (AvgIpc) is 2.91. The summed E-state index contributed by atoms with van der Waals surface area (Å²) in [5.74, 6) is 0.0177. The predicted octanol–water partition coefficient (Wildman–Crippen LogP) is 1.43. The number of carbonyl (C=O) groups excluding carboxylic acids is 4. The molecule has 0 spiro atoms. The molecule has 0 radical (unpaired) electrons. The van der Waals surface area contributed by atoms with Crippen molar-refractivity contribution in [2.75, 3.05) is 17.3 Å². The van der Waals surface area contributed by atoms with Crippen LogP contribution in [0.2, 0.25) is 0 Å². The highest BCUT2D eigenvalue weighted by atomic mass is 32.2. The second-order valence-electron chi connectivity index (χ2n) is 11.2. The normalized spacial score (nSPS) is 25.7. The summed E-state index contributed by atoms with van der Waals surface area (Å²) in [6, 6.07) is 2.87. The van der Waals surface area contributed by atoms with Crippen molar-refractivity contribution in [2.24, 2.45) is 17.4 Å². The quantitative estimate of drug-likeness (QED) is 0.275. The van der Waals surface area contributed by atoms with Gasteiger partial charge in [-0.1, -0.05) is 44.2 Å². The molecule has 1 aliphatic heterocycles. The smallest absolute Gasteiger partial charge is 0.244 e. The number of phenolic OH excluding ortho intramolecular Hbond substituents is 1. The van der Waals surface area contributed by atoms with Crippen molar-refractivity contribution in [3.05, 3.63) is 29.8 Å². The first-order valence-corrected chi connectivity index (χ1v) is 16.1. The van der Waals surface area contributed by atoms with E-state index in [9.17, 15) is 24.3 Å². The van der Waals surface area contributed by atoms with Crippen LogP contribution in [0.4, 0.5) is 0 Å². The molecule has 4 atom stereocenters. The third-order valence-electron chi connectivity index (χ3n) is 7.54. The Kier molecular flexibility index (Phi) is 12.0. The van der Waals surface area contributed by atoms with Gasteiger partial charge in [-0.15, -0.1) is 0 Å². The second-order valence-corrected chi connectivity index (χ2v) is 14.1. The van der Waals surface area contributed by atoms with Crippen LogP contribution in [-0.4, -0.2) is 74.9 Å². The van der Waals surface area contributed by atoms with Crippen LogP contribution < -0.4 is 27.4 Å². The summed E-state index contributed by atoms with van der Waals surface area (Å²) >= 11 is 3.04.